The van der Waals surface area contributed by atoms with Crippen LogP contribution in [-0.4, -0.2) is 28.6 Å². The van der Waals surface area contributed by atoms with Crippen molar-refractivity contribution in [3.05, 3.63) is 58.7 Å². The summed E-state index contributed by atoms with van der Waals surface area (Å²) in [6.45, 7) is 0.381. The summed E-state index contributed by atoms with van der Waals surface area (Å²) in [7, 11) is 0. The van der Waals surface area contributed by atoms with Crippen molar-refractivity contribution in [3.8, 4) is 11.5 Å². The number of rotatable bonds is 3. The van der Waals surface area contributed by atoms with E-state index in [9.17, 15) is 14.7 Å². The van der Waals surface area contributed by atoms with Crippen molar-refractivity contribution in [1.29, 1.82) is 0 Å². The maximum atomic E-state index is 12.7. The van der Waals surface area contributed by atoms with E-state index >= 15 is 0 Å². The van der Waals surface area contributed by atoms with Gasteiger partial charge in [-0.25, -0.2) is 0 Å². The van der Waals surface area contributed by atoms with Crippen LogP contribution in [0.4, 0.5) is 0 Å². The van der Waals surface area contributed by atoms with Gasteiger partial charge in [0.05, 0.1) is 17.7 Å². The highest BCUT2D eigenvalue weighted by molar-refractivity contribution is 9.09. The predicted octanol–water partition coefficient (Wildman–Crippen LogP) is 2.94. The van der Waals surface area contributed by atoms with Gasteiger partial charge < -0.3 is 9.84 Å². The number of fused-ring (bicyclic) bond motifs is 2. The Bertz CT molecular complexity index is 752. The van der Waals surface area contributed by atoms with E-state index in [1.165, 1.54) is 6.07 Å². The van der Waals surface area contributed by atoms with Gasteiger partial charge in [-0.15, -0.1) is 0 Å². The molecule has 3 rings (SSSR count). The quantitative estimate of drug-likeness (QED) is 0.740. The molecule has 0 atom stereocenters. The first-order valence-electron chi connectivity index (χ1n) is 6.38. The van der Waals surface area contributed by atoms with Crippen molar-refractivity contribution in [2.75, 3.05) is 11.9 Å². The number of hydrogen-bond acceptors (Lipinski definition) is 4. The van der Waals surface area contributed by atoms with Crippen molar-refractivity contribution in [1.82, 2.24) is 0 Å². The summed E-state index contributed by atoms with van der Waals surface area (Å²) in [5, 5.41) is 10.5. The lowest BCUT2D eigenvalue weighted by atomic mass is 9.83. The molecule has 0 amide bonds. The highest BCUT2D eigenvalue weighted by Crippen LogP contribution is 2.36. The first-order valence-corrected chi connectivity index (χ1v) is 7.50. The van der Waals surface area contributed by atoms with E-state index in [1.54, 1.807) is 30.3 Å². The van der Waals surface area contributed by atoms with E-state index in [0.717, 1.165) is 0 Å². The topological polar surface area (TPSA) is 63.6 Å². The Kier molecular flexibility index (Phi) is 3.51. The first-order chi connectivity index (χ1) is 10.1. The first kappa shape index (κ1) is 13.8. The smallest absolute Gasteiger partial charge is 0.201 e. The summed E-state index contributed by atoms with van der Waals surface area (Å²) in [6, 6.07) is 9.43. The third kappa shape index (κ3) is 2.14. The van der Waals surface area contributed by atoms with Gasteiger partial charge in [-0.1, -0.05) is 40.2 Å². The van der Waals surface area contributed by atoms with Crippen molar-refractivity contribution < 1.29 is 19.4 Å². The Hall–Kier alpha value is -2.14. The number of hydrogen-bond donors (Lipinski definition) is 1. The molecule has 1 N–H and O–H groups in total. The van der Waals surface area contributed by atoms with Gasteiger partial charge in [0.25, 0.3) is 0 Å². The summed E-state index contributed by atoms with van der Waals surface area (Å²) in [4.78, 5) is 25.2. The van der Waals surface area contributed by atoms with E-state index < -0.39 is 0 Å². The lowest BCUT2D eigenvalue weighted by Gasteiger charge is -2.20. The third-order valence-electron chi connectivity index (χ3n) is 3.35. The molecule has 0 spiro atoms. The van der Waals surface area contributed by atoms with Crippen LogP contribution < -0.4 is 4.74 Å². The van der Waals surface area contributed by atoms with Crippen LogP contribution in [0.5, 0.6) is 11.5 Å². The van der Waals surface area contributed by atoms with Crippen LogP contribution >= 0.6 is 15.9 Å². The molecule has 0 aromatic heterocycles. The molecule has 106 valence electrons. The fraction of sp³-hybridized carbons (Fsp3) is 0.125. The number of phenols is 1. The Morgan fingerprint density at radius 2 is 1.62 bits per heavy atom. The molecule has 0 saturated carbocycles. The number of carbonyl (C=O) groups is 2. The average Bonchev–Trinajstić information content (AvgIpc) is 2.50. The molecule has 0 unspecified atom stereocenters. The second kappa shape index (κ2) is 5.33. The largest absolute Gasteiger partial charge is 0.507 e. The van der Waals surface area contributed by atoms with Gasteiger partial charge in [0.1, 0.15) is 11.5 Å². The molecule has 2 aromatic carbocycles. The molecule has 1 aliphatic rings. The van der Waals surface area contributed by atoms with E-state index in [4.69, 9.17) is 4.74 Å². The van der Waals surface area contributed by atoms with E-state index in [1.807, 2.05) is 0 Å². The predicted molar refractivity (Wildman–Crippen MR) is 80.7 cm³/mol. The SMILES string of the molecule is O=C1c2cccc(O)c2C(=O)c2c(OCCBr)cccc21. The number of ether oxygens (including phenoxy) is 1. The molecule has 21 heavy (non-hydrogen) atoms. The van der Waals surface area contributed by atoms with Gasteiger partial charge in [-0.3, -0.25) is 9.59 Å². The molecular weight excluding hydrogens is 336 g/mol. The van der Waals surface area contributed by atoms with E-state index in [0.29, 0.717) is 23.2 Å². The molecule has 2 aromatic rings. The average molecular weight is 347 g/mol. The zero-order valence-electron chi connectivity index (χ0n) is 10.9. The van der Waals surface area contributed by atoms with Gasteiger partial charge in [0.15, 0.2) is 5.78 Å². The van der Waals surface area contributed by atoms with E-state index in [2.05, 4.69) is 15.9 Å². The Balaban J connectivity index is 2.21. The fourth-order valence-electron chi connectivity index (χ4n) is 2.46. The Morgan fingerprint density at radius 3 is 2.33 bits per heavy atom. The molecule has 0 aliphatic heterocycles. The third-order valence-corrected chi connectivity index (χ3v) is 3.67. The summed E-state index contributed by atoms with van der Waals surface area (Å²) < 4.78 is 5.53. The van der Waals surface area contributed by atoms with Crippen LogP contribution in [0.1, 0.15) is 31.8 Å². The zero-order chi connectivity index (χ0) is 15.0. The molecule has 5 heteroatoms. The van der Waals surface area contributed by atoms with Crippen LogP contribution in [0.3, 0.4) is 0 Å². The normalized spacial score (nSPS) is 12.8. The molecule has 0 radical (unpaired) electrons. The molecule has 0 fully saturated rings. The van der Waals surface area contributed by atoms with Crippen molar-refractivity contribution >= 4 is 27.5 Å². The van der Waals surface area contributed by atoms with E-state index in [-0.39, 0.29) is 34.0 Å². The Labute approximate surface area is 129 Å². The lowest BCUT2D eigenvalue weighted by Crippen LogP contribution is -2.22. The summed E-state index contributed by atoms with van der Waals surface area (Å²) >= 11 is 3.25. The number of alkyl halides is 1. The minimum absolute atomic E-state index is 0.0462. The molecule has 4 nitrogen and oxygen atoms in total. The van der Waals surface area contributed by atoms with Crippen molar-refractivity contribution in [2.45, 2.75) is 0 Å². The number of benzene rings is 2. The minimum Gasteiger partial charge on any atom is -0.507 e. The van der Waals surface area contributed by atoms with Gasteiger partial charge in [-0.2, -0.15) is 0 Å². The molecule has 1 aliphatic carbocycles. The molecular formula is C16H11BrO4. The molecule has 0 bridgehead atoms. The Morgan fingerprint density at radius 1 is 0.952 bits per heavy atom. The maximum absolute atomic E-state index is 12.7. The number of ketones is 2. The van der Waals surface area contributed by atoms with Crippen molar-refractivity contribution in [3.63, 3.8) is 0 Å². The molecule has 0 heterocycles. The maximum Gasteiger partial charge on any atom is 0.201 e. The van der Waals surface area contributed by atoms with Gasteiger partial charge >= 0.3 is 0 Å². The standard InChI is InChI=1S/C16H11BrO4/c17-7-8-21-12-6-2-4-10-14(12)16(20)13-9(15(10)19)3-1-5-11(13)18/h1-6,18H,7-8H2. The lowest BCUT2D eigenvalue weighted by molar-refractivity contribution is 0.0973. The highest BCUT2D eigenvalue weighted by Gasteiger charge is 2.34. The van der Waals surface area contributed by atoms with Crippen LogP contribution in [-0.2, 0) is 0 Å². The van der Waals surface area contributed by atoms with Crippen LogP contribution in [0.15, 0.2) is 36.4 Å². The van der Waals surface area contributed by atoms with Gasteiger partial charge in [0.2, 0.25) is 5.78 Å². The summed E-state index contributed by atoms with van der Waals surface area (Å²) in [6.07, 6.45) is 0. The van der Waals surface area contributed by atoms with Crippen LogP contribution in [0, 0.1) is 0 Å². The second-order valence-electron chi connectivity index (χ2n) is 4.57. The van der Waals surface area contributed by atoms with Crippen molar-refractivity contribution in [2.24, 2.45) is 0 Å². The monoisotopic (exact) mass is 346 g/mol. The summed E-state index contributed by atoms with van der Waals surface area (Å²) in [5.74, 6) is -0.492. The van der Waals surface area contributed by atoms with Crippen LogP contribution in [0.2, 0.25) is 0 Å². The minimum atomic E-state index is -0.386. The number of halogens is 1. The highest BCUT2D eigenvalue weighted by atomic mass is 79.9. The van der Waals surface area contributed by atoms with Gasteiger partial charge in [0, 0.05) is 16.5 Å². The number of phenolic OH excluding ortho intramolecular Hbond substituents is 1. The molecule has 0 saturated heterocycles. The second-order valence-corrected chi connectivity index (χ2v) is 5.37. The number of carbonyl (C=O) groups excluding carboxylic acids is 2. The van der Waals surface area contributed by atoms with Gasteiger partial charge in [-0.05, 0) is 12.1 Å². The zero-order valence-corrected chi connectivity index (χ0v) is 12.5. The number of aromatic hydroxyl groups is 1. The van der Waals surface area contributed by atoms with Crippen LogP contribution in [0.25, 0.3) is 0 Å². The summed E-state index contributed by atoms with van der Waals surface area (Å²) in [5.41, 5.74) is 0.803. The fourth-order valence-corrected chi connectivity index (χ4v) is 2.62.